The minimum Gasteiger partial charge on any atom is -0.357 e. The van der Waals surface area contributed by atoms with Gasteiger partial charge in [0.2, 0.25) is 0 Å². The largest absolute Gasteiger partial charge is 0.357 e. The fraction of sp³-hybridized carbons (Fsp3) is 0.429. The highest BCUT2D eigenvalue weighted by Crippen LogP contribution is 2.06. The standard InChI is InChI=1S/C14H22N4O/c1-5-16-14(15-2)17-10-11-6-8-12(9-7-11)13(19)18(3)4/h6-9H,5,10H2,1-4H3,(H2,15,16,17). The van der Waals surface area contributed by atoms with E-state index in [9.17, 15) is 4.79 Å². The molecule has 0 aliphatic rings. The Morgan fingerprint density at radius 2 is 1.84 bits per heavy atom. The summed E-state index contributed by atoms with van der Waals surface area (Å²) >= 11 is 0. The fourth-order valence-corrected chi connectivity index (χ4v) is 1.60. The zero-order chi connectivity index (χ0) is 14.3. The van der Waals surface area contributed by atoms with Crippen molar-refractivity contribution in [1.29, 1.82) is 0 Å². The average molecular weight is 262 g/mol. The van der Waals surface area contributed by atoms with E-state index in [-0.39, 0.29) is 5.91 Å². The first kappa shape index (κ1) is 15.0. The van der Waals surface area contributed by atoms with E-state index >= 15 is 0 Å². The summed E-state index contributed by atoms with van der Waals surface area (Å²) in [5.41, 5.74) is 1.80. The maximum atomic E-state index is 11.7. The van der Waals surface area contributed by atoms with Gasteiger partial charge in [0.25, 0.3) is 5.91 Å². The molecule has 1 aromatic rings. The van der Waals surface area contributed by atoms with Crippen LogP contribution in [0.2, 0.25) is 0 Å². The SMILES string of the molecule is CCNC(=NC)NCc1ccc(C(=O)N(C)C)cc1. The van der Waals surface area contributed by atoms with Crippen LogP contribution < -0.4 is 10.6 Å². The van der Waals surface area contributed by atoms with Gasteiger partial charge in [-0.3, -0.25) is 9.79 Å². The molecule has 0 saturated carbocycles. The van der Waals surface area contributed by atoms with Crippen molar-refractivity contribution in [3.8, 4) is 0 Å². The molecule has 0 aromatic heterocycles. The van der Waals surface area contributed by atoms with Gasteiger partial charge in [0.15, 0.2) is 5.96 Å². The first-order valence-corrected chi connectivity index (χ1v) is 6.33. The molecule has 0 unspecified atom stereocenters. The highest BCUT2D eigenvalue weighted by atomic mass is 16.2. The number of rotatable bonds is 4. The van der Waals surface area contributed by atoms with Gasteiger partial charge in [-0.25, -0.2) is 0 Å². The number of hydrogen-bond acceptors (Lipinski definition) is 2. The molecular weight excluding hydrogens is 240 g/mol. The van der Waals surface area contributed by atoms with E-state index < -0.39 is 0 Å². The lowest BCUT2D eigenvalue weighted by atomic mass is 10.1. The second-order valence-corrected chi connectivity index (χ2v) is 4.35. The Bertz CT molecular complexity index is 437. The van der Waals surface area contributed by atoms with Crippen LogP contribution in [-0.2, 0) is 6.54 Å². The molecule has 0 atom stereocenters. The van der Waals surface area contributed by atoms with Crippen molar-refractivity contribution in [2.45, 2.75) is 13.5 Å². The van der Waals surface area contributed by atoms with Crippen molar-refractivity contribution in [3.05, 3.63) is 35.4 Å². The molecule has 2 N–H and O–H groups in total. The third kappa shape index (κ3) is 4.62. The number of hydrogen-bond donors (Lipinski definition) is 2. The number of benzene rings is 1. The lowest BCUT2D eigenvalue weighted by molar-refractivity contribution is 0.0827. The lowest BCUT2D eigenvalue weighted by Gasteiger charge is -2.12. The molecule has 0 spiro atoms. The van der Waals surface area contributed by atoms with Crippen molar-refractivity contribution in [1.82, 2.24) is 15.5 Å². The van der Waals surface area contributed by atoms with Crippen molar-refractivity contribution in [3.63, 3.8) is 0 Å². The molecule has 0 radical (unpaired) electrons. The number of guanidine groups is 1. The van der Waals surface area contributed by atoms with Crippen LogP contribution in [-0.4, -0.2) is 44.5 Å². The predicted molar refractivity (Wildman–Crippen MR) is 78.3 cm³/mol. The summed E-state index contributed by atoms with van der Waals surface area (Å²) in [5.74, 6) is 0.791. The van der Waals surface area contributed by atoms with Crippen molar-refractivity contribution in [2.75, 3.05) is 27.7 Å². The van der Waals surface area contributed by atoms with E-state index in [1.165, 1.54) is 0 Å². The third-order valence-corrected chi connectivity index (χ3v) is 2.63. The normalized spacial score (nSPS) is 11.1. The van der Waals surface area contributed by atoms with E-state index in [0.29, 0.717) is 12.1 Å². The molecule has 5 heteroatoms. The van der Waals surface area contributed by atoms with Crippen LogP contribution in [0, 0.1) is 0 Å². The summed E-state index contributed by atoms with van der Waals surface area (Å²) in [6.45, 7) is 3.53. The van der Waals surface area contributed by atoms with Crippen LogP contribution in [0.5, 0.6) is 0 Å². The molecule has 0 saturated heterocycles. The fourth-order valence-electron chi connectivity index (χ4n) is 1.60. The molecule has 0 fully saturated rings. The topological polar surface area (TPSA) is 56.7 Å². The van der Waals surface area contributed by atoms with Gasteiger partial charge in [-0.15, -0.1) is 0 Å². The van der Waals surface area contributed by atoms with Gasteiger partial charge in [-0.1, -0.05) is 12.1 Å². The number of amides is 1. The van der Waals surface area contributed by atoms with Crippen molar-refractivity contribution >= 4 is 11.9 Å². The van der Waals surface area contributed by atoms with E-state index in [1.54, 1.807) is 26.0 Å². The molecule has 0 aliphatic heterocycles. The molecule has 0 aliphatic carbocycles. The van der Waals surface area contributed by atoms with E-state index in [0.717, 1.165) is 18.1 Å². The molecule has 5 nitrogen and oxygen atoms in total. The maximum Gasteiger partial charge on any atom is 0.253 e. The molecular formula is C14H22N4O. The monoisotopic (exact) mass is 262 g/mol. The van der Waals surface area contributed by atoms with Gasteiger partial charge in [-0.2, -0.15) is 0 Å². The summed E-state index contributed by atoms with van der Waals surface area (Å²) in [7, 11) is 5.24. The summed E-state index contributed by atoms with van der Waals surface area (Å²) < 4.78 is 0. The Labute approximate surface area is 114 Å². The molecule has 19 heavy (non-hydrogen) atoms. The zero-order valence-corrected chi connectivity index (χ0v) is 12.0. The van der Waals surface area contributed by atoms with E-state index in [4.69, 9.17) is 0 Å². The Kier molecular flexibility index (Phi) is 5.85. The Hall–Kier alpha value is -2.04. The van der Waals surface area contributed by atoms with Gasteiger partial charge >= 0.3 is 0 Å². The van der Waals surface area contributed by atoms with E-state index in [1.807, 2.05) is 31.2 Å². The highest BCUT2D eigenvalue weighted by molar-refractivity contribution is 5.93. The number of aliphatic imine (C=N–C) groups is 1. The molecule has 104 valence electrons. The molecule has 0 bridgehead atoms. The third-order valence-electron chi connectivity index (χ3n) is 2.63. The molecule has 0 heterocycles. The second-order valence-electron chi connectivity index (χ2n) is 4.35. The summed E-state index contributed by atoms with van der Waals surface area (Å²) in [5, 5.41) is 6.33. The van der Waals surface area contributed by atoms with Crippen molar-refractivity contribution < 1.29 is 4.79 Å². The quantitative estimate of drug-likeness (QED) is 0.630. The van der Waals surface area contributed by atoms with Crippen LogP contribution in [0.3, 0.4) is 0 Å². The molecule has 1 amide bonds. The van der Waals surface area contributed by atoms with Gasteiger partial charge in [0, 0.05) is 39.8 Å². The molecule has 1 aromatic carbocycles. The van der Waals surface area contributed by atoms with Crippen LogP contribution >= 0.6 is 0 Å². The van der Waals surface area contributed by atoms with Gasteiger partial charge in [0.1, 0.15) is 0 Å². The summed E-state index contributed by atoms with van der Waals surface area (Å²) in [4.78, 5) is 17.4. The average Bonchev–Trinajstić information content (AvgIpc) is 2.43. The van der Waals surface area contributed by atoms with Gasteiger partial charge in [0.05, 0.1) is 0 Å². The Morgan fingerprint density at radius 1 is 1.21 bits per heavy atom. The van der Waals surface area contributed by atoms with Crippen LogP contribution in [0.25, 0.3) is 0 Å². The van der Waals surface area contributed by atoms with Crippen LogP contribution in [0.1, 0.15) is 22.8 Å². The predicted octanol–water partition coefficient (Wildman–Crippen LogP) is 1.07. The summed E-state index contributed by atoms with van der Waals surface area (Å²) in [6, 6.07) is 7.58. The first-order chi connectivity index (χ1) is 9.08. The summed E-state index contributed by atoms with van der Waals surface area (Å²) in [6.07, 6.45) is 0. The van der Waals surface area contributed by atoms with Gasteiger partial charge in [-0.05, 0) is 24.6 Å². The highest BCUT2D eigenvalue weighted by Gasteiger charge is 2.07. The van der Waals surface area contributed by atoms with Gasteiger partial charge < -0.3 is 15.5 Å². The van der Waals surface area contributed by atoms with Crippen LogP contribution in [0.4, 0.5) is 0 Å². The van der Waals surface area contributed by atoms with Crippen molar-refractivity contribution in [2.24, 2.45) is 4.99 Å². The lowest BCUT2D eigenvalue weighted by Crippen LogP contribution is -2.36. The smallest absolute Gasteiger partial charge is 0.253 e. The Morgan fingerprint density at radius 3 is 2.32 bits per heavy atom. The zero-order valence-electron chi connectivity index (χ0n) is 12.0. The second kappa shape index (κ2) is 7.41. The number of nitrogens with one attached hydrogen (secondary N) is 2. The molecule has 1 rings (SSSR count). The van der Waals surface area contributed by atoms with Crippen LogP contribution in [0.15, 0.2) is 29.3 Å². The first-order valence-electron chi connectivity index (χ1n) is 6.33. The minimum absolute atomic E-state index is 0.0166. The number of carbonyl (C=O) groups is 1. The maximum absolute atomic E-state index is 11.7. The minimum atomic E-state index is 0.0166. The number of nitrogens with zero attached hydrogens (tertiary/aromatic N) is 2. The number of carbonyl (C=O) groups excluding carboxylic acids is 1. The Balaban J connectivity index is 2.60. The van der Waals surface area contributed by atoms with E-state index in [2.05, 4.69) is 15.6 Å².